The summed E-state index contributed by atoms with van der Waals surface area (Å²) in [6, 6.07) is 5.67. The van der Waals surface area contributed by atoms with Gasteiger partial charge in [-0.2, -0.15) is 0 Å². The molecule has 6 atom stereocenters. The fourth-order valence-corrected chi connectivity index (χ4v) is 6.51. The molecule has 2 saturated carbocycles. The Bertz CT molecular complexity index is 706. The number of aliphatic hydroxyl groups is 1. The molecule has 0 bridgehead atoms. The van der Waals surface area contributed by atoms with Crippen LogP contribution in [0.2, 0.25) is 0 Å². The third-order valence-electron chi connectivity index (χ3n) is 8.23. The molecule has 2 fully saturated rings. The molecule has 0 saturated heterocycles. The van der Waals surface area contributed by atoms with E-state index in [1.165, 1.54) is 30.4 Å². The number of aliphatic hydroxyl groups excluding tert-OH is 1. The predicted octanol–water partition coefficient (Wildman–Crippen LogP) is 6.68. The molecule has 0 aliphatic heterocycles. The van der Waals surface area contributed by atoms with Crippen molar-refractivity contribution in [2.24, 2.45) is 35.0 Å². The number of phenolic OH excluding ortho intramolecular Hbond substituents is 1. The zero-order valence-electron chi connectivity index (χ0n) is 19.2. The minimum absolute atomic E-state index is 0.170. The summed E-state index contributed by atoms with van der Waals surface area (Å²) in [6.45, 7) is 11.6. The second-order valence-corrected chi connectivity index (χ2v) is 10.6. The Morgan fingerprint density at radius 2 is 1.93 bits per heavy atom. The SMILES string of the molecule is Cc1ccc(O)cc1CC[C@@H]1[C@@H](O)CC[C@]2(C)[C@@H]([C@H](C)C=CCC(C)C)CC[C@@H]12. The fourth-order valence-electron chi connectivity index (χ4n) is 6.51. The number of aromatic hydroxyl groups is 1. The van der Waals surface area contributed by atoms with Gasteiger partial charge in [0.1, 0.15) is 5.75 Å². The molecule has 29 heavy (non-hydrogen) atoms. The Kier molecular flexibility index (Phi) is 7.14. The van der Waals surface area contributed by atoms with Crippen molar-refractivity contribution in [3.63, 3.8) is 0 Å². The molecular formula is C27H42O2. The molecule has 1 aromatic rings. The number of aryl methyl sites for hydroxylation is 2. The summed E-state index contributed by atoms with van der Waals surface area (Å²) in [6.07, 6.45) is 12.5. The van der Waals surface area contributed by atoms with E-state index < -0.39 is 0 Å². The summed E-state index contributed by atoms with van der Waals surface area (Å²) in [7, 11) is 0. The molecule has 2 N–H and O–H groups in total. The van der Waals surface area contributed by atoms with Gasteiger partial charge >= 0.3 is 0 Å². The van der Waals surface area contributed by atoms with Gasteiger partial charge in [0.25, 0.3) is 0 Å². The van der Waals surface area contributed by atoms with Gasteiger partial charge in [0.2, 0.25) is 0 Å². The first-order chi connectivity index (χ1) is 13.7. The number of fused-ring (bicyclic) bond motifs is 1. The maximum atomic E-state index is 10.9. The highest BCUT2D eigenvalue weighted by atomic mass is 16.3. The highest BCUT2D eigenvalue weighted by Gasteiger charge is 2.54. The Hall–Kier alpha value is -1.28. The fraction of sp³-hybridized carbons (Fsp3) is 0.704. The van der Waals surface area contributed by atoms with E-state index in [4.69, 9.17) is 0 Å². The van der Waals surface area contributed by atoms with Crippen molar-refractivity contribution in [3.8, 4) is 5.75 Å². The summed E-state index contributed by atoms with van der Waals surface area (Å²) < 4.78 is 0. The number of benzene rings is 1. The van der Waals surface area contributed by atoms with Crippen LogP contribution in [0.5, 0.6) is 5.75 Å². The molecule has 0 spiro atoms. The summed E-state index contributed by atoms with van der Waals surface area (Å²) in [5.41, 5.74) is 2.81. The highest BCUT2D eigenvalue weighted by molar-refractivity contribution is 5.34. The second-order valence-electron chi connectivity index (χ2n) is 10.6. The number of allylic oxidation sites excluding steroid dienone is 2. The average molecular weight is 399 g/mol. The van der Waals surface area contributed by atoms with Crippen molar-refractivity contribution in [3.05, 3.63) is 41.5 Å². The van der Waals surface area contributed by atoms with Crippen LogP contribution in [0.15, 0.2) is 30.4 Å². The first-order valence-electron chi connectivity index (χ1n) is 11.9. The maximum absolute atomic E-state index is 10.9. The topological polar surface area (TPSA) is 40.5 Å². The lowest BCUT2D eigenvalue weighted by Crippen LogP contribution is -2.45. The summed E-state index contributed by atoms with van der Waals surface area (Å²) >= 11 is 0. The summed E-state index contributed by atoms with van der Waals surface area (Å²) in [5.74, 6) is 3.42. The number of hydrogen-bond donors (Lipinski definition) is 2. The normalized spacial score (nSPS) is 33.3. The van der Waals surface area contributed by atoms with Crippen molar-refractivity contribution in [2.45, 2.75) is 85.7 Å². The third-order valence-corrected chi connectivity index (χ3v) is 8.23. The van der Waals surface area contributed by atoms with E-state index in [1.807, 2.05) is 12.1 Å². The summed E-state index contributed by atoms with van der Waals surface area (Å²) in [4.78, 5) is 0. The van der Waals surface area contributed by atoms with Crippen LogP contribution in [-0.2, 0) is 6.42 Å². The van der Waals surface area contributed by atoms with E-state index in [9.17, 15) is 10.2 Å². The van der Waals surface area contributed by atoms with Crippen LogP contribution in [0.25, 0.3) is 0 Å². The lowest BCUT2D eigenvalue weighted by molar-refractivity contribution is -0.0493. The predicted molar refractivity (Wildman–Crippen MR) is 122 cm³/mol. The van der Waals surface area contributed by atoms with Crippen LogP contribution in [0.4, 0.5) is 0 Å². The van der Waals surface area contributed by atoms with Gasteiger partial charge in [-0.05, 0) is 110 Å². The third kappa shape index (κ3) is 4.90. The Morgan fingerprint density at radius 3 is 2.66 bits per heavy atom. The molecule has 162 valence electrons. The summed E-state index contributed by atoms with van der Waals surface area (Å²) in [5, 5.41) is 20.8. The number of hydrogen-bond acceptors (Lipinski definition) is 2. The molecule has 0 heterocycles. The molecule has 2 aliphatic rings. The maximum Gasteiger partial charge on any atom is 0.115 e. The molecule has 2 nitrogen and oxygen atoms in total. The Morgan fingerprint density at radius 1 is 1.17 bits per heavy atom. The van der Waals surface area contributed by atoms with Gasteiger partial charge in [0, 0.05) is 0 Å². The Labute approximate surface area is 178 Å². The molecule has 0 aromatic heterocycles. The molecule has 0 amide bonds. The van der Waals surface area contributed by atoms with Crippen LogP contribution in [-0.4, -0.2) is 16.3 Å². The van der Waals surface area contributed by atoms with E-state index in [-0.39, 0.29) is 6.10 Å². The van der Waals surface area contributed by atoms with Crippen LogP contribution in [0.3, 0.4) is 0 Å². The average Bonchev–Trinajstić information content (AvgIpc) is 3.01. The van der Waals surface area contributed by atoms with Gasteiger partial charge in [0.15, 0.2) is 0 Å². The van der Waals surface area contributed by atoms with Crippen molar-refractivity contribution < 1.29 is 10.2 Å². The molecule has 1 aromatic carbocycles. The molecular weight excluding hydrogens is 356 g/mol. The van der Waals surface area contributed by atoms with Crippen molar-refractivity contribution in [1.29, 1.82) is 0 Å². The minimum atomic E-state index is -0.170. The van der Waals surface area contributed by atoms with E-state index in [1.54, 1.807) is 6.07 Å². The number of phenols is 1. The largest absolute Gasteiger partial charge is 0.508 e. The second kappa shape index (κ2) is 9.25. The zero-order valence-corrected chi connectivity index (χ0v) is 19.2. The molecule has 0 unspecified atom stereocenters. The van der Waals surface area contributed by atoms with Crippen LogP contribution >= 0.6 is 0 Å². The quantitative estimate of drug-likeness (QED) is 0.503. The van der Waals surface area contributed by atoms with E-state index in [2.05, 4.69) is 46.8 Å². The minimum Gasteiger partial charge on any atom is -0.508 e. The van der Waals surface area contributed by atoms with Crippen molar-refractivity contribution in [1.82, 2.24) is 0 Å². The van der Waals surface area contributed by atoms with Crippen molar-refractivity contribution in [2.75, 3.05) is 0 Å². The smallest absolute Gasteiger partial charge is 0.115 e. The lowest BCUT2D eigenvalue weighted by Gasteiger charge is -2.48. The van der Waals surface area contributed by atoms with Gasteiger partial charge in [0.05, 0.1) is 6.10 Å². The van der Waals surface area contributed by atoms with Crippen LogP contribution in [0.1, 0.15) is 77.3 Å². The van der Waals surface area contributed by atoms with Gasteiger partial charge in [-0.15, -0.1) is 0 Å². The van der Waals surface area contributed by atoms with E-state index in [0.29, 0.717) is 28.9 Å². The van der Waals surface area contributed by atoms with Crippen LogP contribution in [0, 0.1) is 41.9 Å². The molecule has 2 heteroatoms. The van der Waals surface area contributed by atoms with Gasteiger partial charge < -0.3 is 10.2 Å². The van der Waals surface area contributed by atoms with Gasteiger partial charge in [-0.1, -0.05) is 45.9 Å². The zero-order chi connectivity index (χ0) is 21.2. The number of rotatable bonds is 7. The van der Waals surface area contributed by atoms with Gasteiger partial charge in [-0.25, -0.2) is 0 Å². The Balaban J connectivity index is 1.71. The monoisotopic (exact) mass is 398 g/mol. The molecule has 3 rings (SSSR count). The molecule has 0 radical (unpaired) electrons. The van der Waals surface area contributed by atoms with Crippen LogP contribution < -0.4 is 0 Å². The first-order valence-corrected chi connectivity index (χ1v) is 11.9. The first kappa shape index (κ1) is 22.4. The van der Waals surface area contributed by atoms with E-state index >= 15 is 0 Å². The van der Waals surface area contributed by atoms with Crippen molar-refractivity contribution >= 4 is 0 Å². The highest BCUT2D eigenvalue weighted by Crippen LogP contribution is 2.60. The van der Waals surface area contributed by atoms with E-state index in [0.717, 1.165) is 37.5 Å². The standard InChI is InChI=1S/C27H42O2/c1-18(2)7-6-8-20(4)24-13-14-25-23(26(29)15-16-27(24,25)5)12-10-21-17-22(28)11-9-19(21)3/h6,8-9,11,17-18,20,23-26,28-29H,7,10,12-16H2,1-5H3/t20-,23+,24-,25+,26+,27-/m1/s1. The molecule has 2 aliphatic carbocycles. The van der Waals surface area contributed by atoms with Gasteiger partial charge in [-0.3, -0.25) is 0 Å². The lowest BCUT2D eigenvalue weighted by atomic mass is 9.58.